The second-order valence-corrected chi connectivity index (χ2v) is 10.2. The van der Waals surface area contributed by atoms with Crippen molar-refractivity contribution in [3.05, 3.63) is 89.9 Å². The third kappa shape index (κ3) is 6.13. The van der Waals surface area contributed by atoms with E-state index in [0.717, 1.165) is 22.7 Å². The molecule has 0 aliphatic carbocycles. The molecule has 0 aliphatic heterocycles. The van der Waals surface area contributed by atoms with Crippen LogP contribution in [0.3, 0.4) is 0 Å². The minimum atomic E-state index is -3.33. The summed E-state index contributed by atoms with van der Waals surface area (Å²) >= 11 is 0. The average Bonchev–Trinajstić information content (AvgIpc) is 2.87. The molecule has 8 nitrogen and oxygen atoms in total. The zero-order valence-electron chi connectivity index (χ0n) is 19.8. The smallest absolute Gasteiger partial charge is 0.229 e. The largest absolute Gasteiger partial charge is 0.487 e. The summed E-state index contributed by atoms with van der Waals surface area (Å²) in [6.45, 7) is 5.73. The second-order valence-electron chi connectivity index (χ2n) is 7.99. The fourth-order valence-corrected chi connectivity index (χ4v) is 4.51. The molecular weight excluding hydrogens is 462 g/mol. The lowest BCUT2D eigenvalue weighted by molar-refractivity contribution is 0.301. The zero-order valence-corrected chi connectivity index (χ0v) is 20.6. The molecular formula is C26H27N5O3S. The summed E-state index contributed by atoms with van der Waals surface area (Å²) in [5, 5.41) is 6.41. The fourth-order valence-electron chi connectivity index (χ4n) is 3.34. The van der Waals surface area contributed by atoms with E-state index in [1.54, 1.807) is 38.4 Å². The van der Waals surface area contributed by atoms with Crippen molar-refractivity contribution in [3.8, 4) is 5.75 Å². The highest BCUT2D eigenvalue weighted by Gasteiger charge is 2.15. The molecule has 9 heteroatoms. The third-order valence-electron chi connectivity index (χ3n) is 5.36. The highest BCUT2D eigenvalue weighted by Crippen LogP contribution is 2.25. The van der Waals surface area contributed by atoms with Crippen molar-refractivity contribution in [1.82, 2.24) is 15.0 Å². The predicted molar refractivity (Wildman–Crippen MR) is 137 cm³/mol. The minimum absolute atomic E-state index is 0.0410. The van der Waals surface area contributed by atoms with Crippen LogP contribution in [-0.2, 0) is 16.4 Å². The van der Waals surface area contributed by atoms with Gasteiger partial charge in [-0.05, 0) is 67.9 Å². The number of ether oxygens (including phenoxy) is 1. The molecule has 4 aromatic rings. The van der Waals surface area contributed by atoms with Crippen molar-refractivity contribution in [2.24, 2.45) is 0 Å². The van der Waals surface area contributed by atoms with Crippen molar-refractivity contribution in [3.63, 3.8) is 0 Å². The van der Waals surface area contributed by atoms with E-state index in [1.807, 2.05) is 55.5 Å². The number of hydrogen-bond acceptors (Lipinski definition) is 8. The van der Waals surface area contributed by atoms with Crippen LogP contribution in [0, 0.1) is 13.8 Å². The molecule has 0 radical (unpaired) electrons. The summed E-state index contributed by atoms with van der Waals surface area (Å²) in [5.74, 6) is 1.77. The SMILES string of the molecule is CCS(=O)(=O)c1cc(Nc2ncc(C)c(Nc3ccc(OCc4ccccn4)cc3)n2)ccc1C. The Bertz CT molecular complexity index is 1410. The number of anilines is 4. The van der Waals surface area contributed by atoms with E-state index in [2.05, 4.69) is 25.6 Å². The summed E-state index contributed by atoms with van der Waals surface area (Å²) in [4.78, 5) is 13.5. The van der Waals surface area contributed by atoms with Crippen molar-refractivity contribution >= 4 is 33.0 Å². The molecule has 2 N–H and O–H groups in total. The van der Waals surface area contributed by atoms with E-state index in [9.17, 15) is 8.42 Å². The molecule has 0 amide bonds. The molecule has 180 valence electrons. The maximum atomic E-state index is 12.4. The number of nitrogens with one attached hydrogen (secondary N) is 2. The first-order valence-electron chi connectivity index (χ1n) is 11.2. The molecule has 0 bridgehead atoms. The van der Waals surface area contributed by atoms with Gasteiger partial charge in [0.15, 0.2) is 9.84 Å². The van der Waals surface area contributed by atoms with Crippen molar-refractivity contribution in [1.29, 1.82) is 0 Å². The topological polar surface area (TPSA) is 106 Å². The summed E-state index contributed by atoms with van der Waals surface area (Å²) < 4.78 is 30.6. The van der Waals surface area contributed by atoms with Crippen LogP contribution in [-0.4, -0.2) is 29.1 Å². The molecule has 0 saturated heterocycles. The Kier molecular flexibility index (Phi) is 7.26. The van der Waals surface area contributed by atoms with Gasteiger partial charge in [-0.25, -0.2) is 13.4 Å². The van der Waals surface area contributed by atoms with Gasteiger partial charge in [0.2, 0.25) is 5.95 Å². The Balaban J connectivity index is 1.46. The number of aryl methyl sites for hydroxylation is 2. The lowest BCUT2D eigenvalue weighted by atomic mass is 10.2. The molecule has 0 aliphatic rings. The van der Waals surface area contributed by atoms with E-state index < -0.39 is 9.84 Å². The normalized spacial score (nSPS) is 11.2. The highest BCUT2D eigenvalue weighted by molar-refractivity contribution is 7.91. The van der Waals surface area contributed by atoms with Gasteiger partial charge in [0.05, 0.1) is 16.3 Å². The molecule has 4 rings (SSSR count). The summed E-state index contributed by atoms with van der Waals surface area (Å²) in [6.07, 6.45) is 3.45. The molecule has 0 spiro atoms. The quantitative estimate of drug-likeness (QED) is 0.324. The Morgan fingerprint density at radius 2 is 1.66 bits per heavy atom. The van der Waals surface area contributed by atoms with E-state index in [4.69, 9.17) is 4.74 Å². The number of nitrogens with zero attached hydrogens (tertiary/aromatic N) is 3. The van der Waals surface area contributed by atoms with Crippen LogP contribution in [0.5, 0.6) is 5.75 Å². The van der Waals surface area contributed by atoms with Gasteiger partial charge in [-0.15, -0.1) is 0 Å². The number of aromatic nitrogens is 3. The monoisotopic (exact) mass is 489 g/mol. The van der Waals surface area contributed by atoms with Gasteiger partial charge in [0.1, 0.15) is 18.2 Å². The van der Waals surface area contributed by atoms with Crippen LogP contribution >= 0.6 is 0 Å². The molecule has 2 aromatic heterocycles. The third-order valence-corrected chi connectivity index (χ3v) is 7.23. The second kappa shape index (κ2) is 10.5. The van der Waals surface area contributed by atoms with E-state index >= 15 is 0 Å². The van der Waals surface area contributed by atoms with Gasteiger partial charge in [-0.1, -0.05) is 19.1 Å². The van der Waals surface area contributed by atoms with Gasteiger partial charge in [-0.2, -0.15) is 4.98 Å². The van der Waals surface area contributed by atoms with Crippen LogP contribution < -0.4 is 15.4 Å². The number of hydrogen-bond donors (Lipinski definition) is 2. The van der Waals surface area contributed by atoms with E-state index in [-0.39, 0.29) is 5.75 Å². The van der Waals surface area contributed by atoms with Crippen LogP contribution in [0.1, 0.15) is 23.7 Å². The van der Waals surface area contributed by atoms with Gasteiger partial charge in [-0.3, -0.25) is 4.98 Å². The lowest BCUT2D eigenvalue weighted by Crippen LogP contribution is -2.07. The van der Waals surface area contributed by atoms with Gasteiger partial charge >= 0.3 is 0 Å². The number of benzene rings is 2. The Morgan fingerprint density at radius 1 is 0.886 bits per heavy atom. The van der Waals surface area contributed by atoms with Gasteiger partial charge in [0, 0.05) is 29.3 Å². The zero-order chi connectivity index (χ0) is 24.8. The van der Waals surface area contributed by atoms with Crippen molar-refractivity contribution in [2.45, 2.75) is 32.3 Å². The average molecular weight is 490 g/mol. The number of pyridine rings is 1. The van der Waals surface area contributed by atoms with Crippen LogP contribution in [0.2, 0.25) is 0 Å². The highest BCUT2D eigenvalue weighted by atomic mass is 32.2. The molecule has 2 aromatic carbocycles. The van der Waals surface area contributed by atoms with Crippen molar-refractivity contribution < 1.29 is 13.2 Å². The molecule has 0 fully saturated rings. The maximum absolute atomic E-state index is 12.4. The summed E-state index contributed by atoms with van der Waals surface area (Å²) in [5.41, 5.74) is 3.88. The first-order chi connectivity index (χ1) is 16.8. The number of rotatable bonds is 9. The van der Waals surface area contributed by atoms with E-state index in [0.29, 0.717) is 34.5 Å². The lowest BCUT2D eigenvalue weighted by Gasteiger charge is -2.13. The predicted octanol–water partition coefficient (Wildman–Crippen LogP) is 5.35. The summed E-state index contributed by atoms with van der Waals surface area (Å²) in [6, 6.07) is 18.5. The summed E-state index contributed by atoms with van der Waals surface area (Å²) in [7, 11) is -3.33. The van der Waals surface area contributed by atoms with Crippen LogP contribution in [0.15, 0.2) is 78.0 Å². The minimum Gasteiger partial charge on any atom is -0.487 e. The standard InChI is InChI=1S/C26H27N5O3S/c1-4-35(32,33)24-15-21(9-8-18(24)2)30-26-28-16-19(3)25(31-26)29-20-10-12-23(13-11-20)34-17-22-7-5-6-14-27-22/h5-16H,4,17H2,1-3H3,(H2,28,29,30,31). The first-order valence-corrected chi connectivity index (χ1v) is 12.8. The van der Waals surface area contributed by atoms with Gasteiger partial charge < -0.3 is 15.4 Å². The van der Waals surface area contributed by atoms with E-state index in [1.165, 1.54) is 0 Å². The Labute approximate surface area is 205 Å². The molecule has 0 unspecified atom stereocenters. The fraction of sp³-hybridized carbons (Fsp3) is 0.192. The first kappa shape index (κ1) is 24.2. The van der Waals surface area contributed by atoms with Crippen LogP contribution in [0.25, 0.3) is 0 Å². The van der Waals surface area contributed by atoms with Crippen molar-refractivity contribution in [2.75, 3.05) is 16.4 Å². The number of sulfone groups is 1. The van der Waals surface area contributed by atoms with Crippen LogP contribution in [0.4, 0.5) is 23.1 Å². The molecule has 0 atom stereocenters. The molecule has 35 heavy (non-hydrogen) atoms. The Morgan fingerprint density at radius 3 is 2.37 bits per heavy atom. The molecule has 2 heterocycles. The van der Waals surface area contributed by atoms with Gasteiger partial charge in [0.25, 0.3) is 0 Å². The maximum Gasteiger partial charge on any atom is 0.229 e. The molecule has 0 saturated carbocycles. The Hall–Kier alpha value is -3.98.